The number of nitrogens with zero attached hydrogens (tertiary/aromatic N) is 1. The summed E-state index contributed by atoms with van der Waals surface area (Å²) >= 11 is 0. The Morgan fingerprint density at radius 3 is 2.59 bits per heavy atom. The predicted molar refractivity (Wildman–Crippen MR) is 116 cm³/mol. The van der Waals surface area contributed by atoms with E-state index in [1.807, 2.05) is 0 Å². The molecule has 0 unspecified atom stereocenters. The van der Waals surface area contributed by atoms with E-state index in [0.717, 1.165) is 18.9 Å². The van der Waals surface area contributed by atoms with Crippen molar-refractivity contribution in [2.24, 2.45) is 0 Å². The van der Waals surface area contributed by atoms with Crippen molar-refractivity contribution in [3.63, 3.8) is 0 Å². The molecule has 2 heterocycles. The molecule has 10 heteroatoms. The SMILES string of the molecule is Cc1cc(S(=O)(=O)N2CCCC[C@H]2CCNC(=O)C(=O)NCCc2ccco2)ccc1F. The van der Waals surface area contributed by atoms with Crippen LogP contribution in [0.1, 0.15) is 37.0 Å². The molecule has 1 atom stereocenters. The third-order valence-electron chi connectivity index (χ3n) is 5.52. The molecule has 0 saturated carbocycles. The van der Waals surface area contributed by atoms with Crippen molar-refractivity contribution in [2.75, 3.05) is 19.6 Å². The average molecular weight is 466 g/mol. The van der Waals surface area contributed by atoms with Crippen LogP contribution in [0.2, 0.25) is 0 Å². The molecule has 1 aromatic carbocycles. The van der Waals surface area contributed by atoms with E-state index in [1.165, 1.54) is 29.6 Å². The number of amides is 2. The van der Waals surface area contributed by atoms with Crippen LogP contribution in [0.5, 0.6) is 0 Å². The predicted octanol–water partition coefficient (Wildman–Crippen LogP) is 2.14. The van der Waals surface area contributed by atoms with Crippen LogP contribution in [0.25, 0.3) is 0 Å². The van der Waals surface area contributed by atoms with Gasteiger partial charge in [0.05, 0.1) is 11.2 Å². The van der Waals surface area contributed by atoms with Crippen LogP contribution in [0, 0.1) is 12.7 Å². The van der Waals surface area contributed by atoms with Gasteiger partial charge >= 0.3 is 11.8 Å². The number of hydrogen-bond donors (Lipinski definition) is 2. The molecule has 174 valence electrons. The summed E-state index contributed by atoms with van der Waals surface area (Å²) in [7, 11) is -3.79. The molecule has 0 spiro atoms. The first-order valence-corrected chi connectivity index (χ1v) is 12.1. The Balaban J connectivity index is 1.52. The molecule has 0 aliphatic carbocycles. The van der Waals surface area contributed by atoms with Crippen LogP contribution in [-0.4, -0.2) is 50.2 Å². The largest absolute Gasteiger partial charge is 0.469 e. The maximum Gasteiger partial charge on any atom is 0.309 e. The molecule has 8 nitrogen and oxygen atoms in total. The maximum absolute atomic E-state index is 13.6. The van der Waals surface area contributed by atoms with Gasteiger partial charge < -0.3 is 15.1 Å². The third-order valence-corrected chi connectivity index (χ3v) is 7.46. The van der Waals surface area contributed by atoms with Gasteiger partial charge in [-0.05, 0) is 62.1 Å². The van der Waals surface area contributed by atoms with Crippen molar-refractivity contribution in [1.82, 2.24) is 14.9 Å². The second kappa shape index (κ2) is 10.7. The van der Waals surface area contributed by atoms with Crippen LogP contribution in [0.3, 0.4) is 0 Å². The minimum Gasteiger partial charge on any atom is -0.469 e. The lowest BCUT2D eigenvalue weighted by molar-refractivity contribution is -0.139. The second-order valence-corrected chi connectivity index (χ2v) is 9.70. The Kier molecular flexibility index (Phi) is 8.03. The standard InChI is InChI=1S/C22H28FN3O5S/c1-16-15-19(7-8-20(16)23)32(29,30)26-13-3-2-5-17(26)9-11-24-21(27)22(28)25-12-10-18-6-4-14-31-18/h4,6-8,14-15,17H,2-3,5,9-13H2,1H3,(H,24,27)(H,25,28)/t17-/m0/s1. The van der Waals surface area contributed by atoms with Crippen LogP contribution in [0.4, 0.5) is 4.39 Å². The Morgan fingerprint density at radius 2 is 1.91 bits per heavy atom. The second-order valence-electron chi connectivity index (χ2n) is 7.81. The van der Waals surface area contributed by atoms with Crippen molar-refractivity contribution >= 4 is 21.8 Å². The number of sulfonamides is 1. The number of piperidine rings is 1. The highest BCUT2D eigenvalue weighted by atomic mass is 32.2. The molecule has 3 rings (SSSR count). The van der Waals surface area contributed by atoms with Gasteiger partial charge in [-0.3, -0.25) is 9.59 Å². The first-order valence-electron chi connectivity index (χ1n) is 10.7. The summed E-state index contributed by atoms with van der Waals surface area (Å²) in [6.45, 7) is 2.33. The number of aryl methyl sites for hydroxylation is 1. The molecule has 32 heavy (non-hydrogen) atoms. The number of carbonyl (C=O) groups excluding carboxylic acids is 2. The summed E-state index contributed by atoms with van der Waals surface area (Å²) in [5.74, 6) is -1.25. The van der Waals surface area contributed by atoms with Gasteiger partial charge in [-0.25, -0.2) is 12.8 Å². The smallest absolute Gasteiger partial charge is 0.309 e. The lowest BCUT2D eigenvalue weighted by Gasteiger charge is -2.34. The van der Waals surface area contributed by atoms with Gasteiger partial charge in [0.2, 0.25) is 10.0 Å². The van der Waals surface area contributed by atoms with Crippen LogP contribution in [0.15, 0.2) is 45.9 Å². The zero-order valence-electron chi connectivity index (χ0n) is 18.0. The zero-order chi connectivity index (χ0) is 23.1. The lowest BCUT2D eigenvalue weighted by atomic mass is 10.0. The molecule has 1 aromatic heterocycles. The lowest BCUT2D eigenvalue weighted by Crippen LogP contribution is -2.46. The topological polar surface area (TPSA) is 109 Å². The summed E-state index contributed by atoms with van der Waals surface area (Å²) < 4.78 is 46.4. The Morgan fingerprint density at radius 1 is 1.16 bits per heavy atom. The van der Waals surface area contributed by atoms with Gasteiger partial charge in [0.1, 0.15) is 11.6 Å². The molecule has 2 aromatic rings. The number of rotatable bonds is 8. The third kappa shape index (κ3) is 5.95. The molecule has 2 N–H and O–H groups in total. The Labute approximate surface area is 187 Å². The van der Waals surface area contributed by atoms with Gasteiger partial charge in [0, 0.05) is 32.1 Å². The van der Waals surface area contributed by atoms with E-state index in [4.69, 9.17) is 4.42 Å². The van der Waals surface area contributed by atoms with E-state index in [-0.39, 0.29) is 29.6 Å². The van der Waals surface area contributed by atoms with Crippen LogP contribution in [-0.2, 0) is 26.0 Å². The van der Waals surface area contributed by atoms with E-state index in [2.05, 4.69) is 10.6 Å². The number of nitrogens with one attached hydrogen (secondary N) is 2. The zero-order valence-corrected chi connectivity index (χ0v) is 18.8. The Hall–Kier alpha value is -2.72. The van der Waals surface area contributed by atoms with Gasteiger partial charge in [0.15, 0.2) is 0 Å². The molecule has 2 amide bonds. The highest BCUT2D eigenvalue weighted by Crippen LogP contribution is 2.27. The van der Waals surface area contributed by atoms with E-state index in [1.54, 1.807) is 12.1 Å². The quantitative estimate of drug-likeness (QED) is 0.581. The molecule has 1 saturated heterocycles. The summed E-state index contributed by atoms with van der Waals surface area (Å²) in [6, 6.07) is 7.00. The van der Waals surface area contributed by atoms with Crippen molar-refractivity contribution in [3.8, 4) is 0 Å². The van der Waals surface area contributed by atoms with Crippen molar-refractivity contribution in [1.29, 1.82) is 0 Å². The maximum atomic E-state index is 13.6. The molecule has 0 bridgehead atoms. The molecule has 1 fully saturated rings. The first-order chi connectivity index (χ1) is 15.3. The number of carbonyl (C=O) groups is 2. The van der Waals surface area contributed by atoms with Crippen LogP contribution < -0.4 is 10.6 Å². The normalized spacial score (nSPS) is 17.1. The highest BCUT2D eigenvalue weighted by molar-refractivity contribution is 7.89. The molecule has 1 aliphatic heterocycles. The number of benzene rings is 1. The fourth-order valence-electron chi connectivity index (χ4n) is 3.76. The summed E-state index contributed by atoms with van der Waals surface area (Å²) in [5.41, 5.74) is 0.268. The van der Waals surface area contributed by atoms with Gasteiger partial charge in [-0.15, -0.1) is 0 Å². The number of furan rings is 1. The van der Waals surface area contributed by atoms with E-state index >= 15 is 0 Å². The van der Waals surface area contributed by atoms with Crippen molar-refractivity contribution in [2.45, 2.75) is 50.0 Å². The van der Waals surface area contributed by atoms with E-state index in [9.17, 15) is 22.4 Å². The van der Waals surface area contributed by atoms with Crippen LogP contribution >= 0.6 is 0 Å². The molecular formula is C22H28FN3O5S. The van der Waals surface area contributed by atoms with E-state index in [0.29, 0.717) is 31.6 Å². The average Bonchev–Trinajstić information content (AvgIpc) is 3.29. The van der Waals surface area contributed by atoms with Gasteiger partial charge in [-0.1, -0.05) is 6.42 Å². The van der Waals surface area contributed by atoms with Crippen molar-refractivity contribution < 1.29 is 26.8 Å². The van der Waals surface area contributed by atoms with E-state index < -0.39 is 27.7 Å². The summed E-state index contributed by atoms with van der Waals surface area (Å²) in [5, 5.41) is 5.08. The fourth-order valence-corrected chi connectivity index (χ4v) is 5.57. The monoisotopic (exact) mass is 465 g/mol. The van der Waals surface area contributed by atoms with Gasteiger partial charge in [-0.2, -0.15) is 4.31 Å². The summed E-state index contributed by atoms with van der Waals surface area (Å²) in [6.07, 6.45) is 4.66. The number of halogens is 1. The Bertz CT molecular complexity index is 1040. The molecule has 1 aliphatic rings. The minimum atomic E-state index is -3.79. The number of hydrogen-bond acceptors (Lipinski definition) is 5. The molecular weight excluding hydrogens is 437 g/mol. The highest BCUT2D eigenvalue weighted by Gasteiger charge is 2.33. The molecule has 0 radical (unpaired) electrons. The van der Waals surface area contributed by atoms with Gasteiger partial charge in [0.25, 0.3) is 0 Å². The fraction of sp³-hybridized carbons (Fsp3) is 0.455. The first kappa shape index (κ1) is 23.9. The minimum absolute atomic E-state index is 0.0586. The summed E-state index contributed by atoms with van der Waals surface area (Å²) in [4.78, 5) is 24.0. The van der Waals surface area contributed by atoms with Crippen molar-refractivity contribution in [3.05, 3.63) is 53.7 Å².